The molecule has 0 saturated heterocycles. The lowest BCUT2D eigenvalue weighted by molar-refractivity contribution is 0.0695. The van der Waals surface area contributed by atoms with Crippen molar-refractivity contribution < 1.29 is 19.7 Å². The Labute approximate surface area is 107 Å². The molecule has 0 aliphatic carbocycles. The number of halogens is 1. The Morgan fingerprint density at radius 2 is 2.24 bits per heavy atom. The Kier molecular flexibility index (Phi) is 2.91. The van der Waals surface area contributed by atoms with E-state index in [0.717, 1.165) is 5.56 Å². The highest BCUT2D eigenvalue weighted by Crippen LogP contribution is 2.46. The van der Waals surface area contributed by atoms with Gasteiger partial charge in [-0.3, -0.25) is 0 Å². The molecule has 0 atom stereocenters. The Balaban J connectivity index is 2.75. The second-order valence-corrected chi connectivity index (χ2v) is 5.53. The molecule has 0 spiro atoms. The topological polar surface area (TPSA) is 66.8 Å². The summed E-state index contributed by atoms with van der Waals surface area (Å²) in [6.45, 7) is 4.30. The summed E-state index contributed by atoms with van der Waals surface area (Å²) in [4.78, 5) is 11.1. The van der Waals surface area contributed by atoms with Crippen molar-refractivity contribution in [3.63, 3.8) is 0 Å². The quantitative estimate of drug-likeness (QED) is 0.879. The predicted molar refractivity (Wildman–Crippen MR) is 65.5 cm³/mol. The first-order chi connectivity index (χ1) is 7.88. The van der Waals surface area contributed by atoms with Crippen molar-refractivity contribution in [2.75, 3.05) is 6.61 Å². The molecule has 92 valence electrons. The van der Waals surface area contributed by atoms with E-state index in [1.807, 2.05) is 13.8 Å². The summed E-state index contributed by atoms with van der Waals surface area (Å²) in [5.41, 5.74) is 1.40. The van der Waals surface area contributed by atoms with E-state index in [1.165, 1.54) is 6.07 Å². The molecule has 0 aromatic heterocycles. The molecule has 4 nitrogen and oxygen atoms in total. The maximum Gasteiger partial charge on any atom is 0.336 e. The van der Waals surface area contributed by atoms with Crippen LogP contribution >= 0.6 is 15.9 Å². The summed E-state index contributed by atoms with van der Waals surface area (Å²) >= 11 is 3.26. The maximum atomic E-state index is 11.1. The summed E-state index contributed by atoms with van der Waals surface area (Å²) in [7, 11) is 0. The van der Waals surface area contributed by atoms with Crippen LogP contribution in [0, 0.1) is 0 Å². The summed E-state index contributed by atoms with van der Waals surface area (Å²) in [6.07, 6.45) is 0. The molecule has 0 saturated carbocycles. The highest BCUT2D eigenvalue weighted by molar-refractivity contribution is 9.10. The Hall–Kier alpha value is -1.07. The number of carboxylic acids is 1. The number of carbonyl (C=O) groups is 1. The van der Waals surface area contributed by atoms with Gasteiger partial charge in [0.05, 0.1) is 23.2 Å². The van der Waals surface area contributed by atoms with Gasteiger partial charge in [-0.15, -0.1) is 0 Å². The van der Waals surface area contributed by atoms with Crippen LogP contribution in [0.1, 0.15) is 35.3 Å². The van der Waals surface area contributed by atoms with E-state index in [0.29, 0.717) is 22.4 Å². The summed E-state index contributed by atoms with van der Waals surface area (Å²) in [6, 6.07) is 1.50. The fraction of sp³-hybridized carbons (Fsp3) is 0.417. The van der Waals surface area contributed by atoms with Crippen LogP contribution in [0.25, 0.3) is 0 Å². The van der Waals surface area contributed by atoms with E-state index in [2.05, 4.69) is 15.9 Å². The minimum Gasteiger partial charge on any atom is -0.491 e. The third kappa shape index (κ3) is 1.83. The number of aliphatic hydroxyl groups excluding tert-OH is 1. The van der Waals surface area contributed by atoms with Crippen molar-refractivity contribution in [2.24, 2.45) is 0 Å². The number of aromatic carboxylic acids is 1. The van der Waals surface area contributed by atoms with Gasteiger partial charge in [-0.1, -0.05) is 13.8 Å². The smallest absolute Gasteiger partial charge is 0.336 e. The predicted octanol–water partition coefficient (Wildman–Crippen LogP) is 2.31. The number of ether oxygens (including phenoxy) is 1. The normalized spacial score (nSPS) is 16.5. The Morgan fingerprint density at radius 3 is 2.76 bits per heavy atom. The highest BCUT2D eigenvalue weighted by Gasteiger charge is 2.37. The fourth-order valence-electron chi connectivity index (χ4n) is 2.17. The van der Waals surface area contributed by atoms with Crippen LogP contribution in [0.15, 0.2) is 10.5 Å². The third-order valence-electron chi connectivity index (χ3n) is 2.96. The van der Waals surface area contributed by atoms with Gasteiger partial charge in [0.1, 0.15) is 5.75 Å². The van der Waals surface area contributed by atoms with E-state index in [-0.39, 0.29) is 17.6 Å². The zero-order chi connectivity index (χ0) is 12.8. The largest absolute Gasteiger partial charge is 0.491 e. The first-order valence-corrected chi connectivity index (χ1v) is 6.00. The monoisotopic (exact) mass is 300 g/mol. The lowest BCUT2D eigenvalue weighted by Crippen LogP contribution is -2.20. The molecule has 0 bridgehead atoms. The van der Waals surface area contributed by atoms with Gasteiger partial charge in [0.25, 0.3) is 0 Å². The summed E-state index contributed by atoms with van der Waals surface area (Å²) in [5, 5.41) is 18.4. The second kappa shape index (κ2) is 3.99. The molecule has 0 radical (unpaired) electrons. The van der Waals surface area contributed by atoms with E-state index >= 15 is 0 Å². The maximum absolute atomic E-state index is 11.1. The number of hydrogen-bond acceptors (Lipinski definition) is 3. The van der Waals surface area contributed by atoms with Crippen LogP contribution in [-0.4, -0.2) is 22.8 Å². The highest BCUT2D eigenvalue weighted by atomic mass is 79.9. The van der Waals surface area contributed by atoms with Crippen LogP contribution in [0.2, 0.25) is 0 Å². The third-order valence-corrected chi connectivity index (χ3v) is 3.74. The molecule has 1 aromatic carbocycles. The molecule has 1 aromatic rings. The number of rotatable bonds is 2. The molecule has 5 heteroatoms. The minimum atomic E-state index is -1.04. The van der Waals surface area contributed by atoms with Gasteiger partial charge in [-0.25, -0.2) is 4.79 Å². The summed E-state index contributed by atoms with van der Waals surface area (Å²) in [5.74, 6) is -0.498. The van der Waals surface area contributed by atoms with Crippen molar-refractivity contribution in [3.8, 4) is 5.75 Å². The van der Waals surface area contributed by atoms with Gasteiger partial charge in [0, 0.05) is 11.0 Å². The lowest BCUT2D eigenvalue weighted by atomic mass is 9.83. The van der Waals surface area contributed by atoms with Gasteiger partial charge in [-0.05, 0) is 27.6 Å². The van der Waals surface area contributed by atoms with Crippen molar-refractivity contribution in [2.45, 2.75) is 25.9 Å². The molecule has 17 heavy (non-hydrogen) atoms. The van der Waals surface area contributed by atoms with E-state index in [9.17, 15) is 9.90 Å². The molecular weight excluding hydrogens is 288 g/mol. The van der Waals surface area contributed by atoms with Crippen LogP contribution in [0.5, 0.6) is 5.75 Å². The molecule has 1 aliphatic heterocycles. The van der Waals surface area contributed by atoms with E-state index < -0.39 is 5.97 Å². The Bertz CT molecular complexity index is 494. The zero-order valence-electron chi connectivity index (χ0n) is 9.58. The van der Waals surface area contributed by atoms with Gasteiger partial charge >= 0.3 is 5.97 Å². The molecule has 0 amide bonds. The average Bonchev–Trinajstić information content (AvgIpc) is 2.56. The molecule has 2 rings (SSSR count). The SMILES string of the molecule is CC1(C)COc2c(Br)c(C(=O)O)cc(CO)c21. The molecule has 1 aliphatic rings. The van der Waals surface area contributed by atoms with Crippen molar-refractivity contribution in [3.05, 3.63) is 27.2 Å². The van der Waals surface area contributed by atoms with Crippen LogP contribution in [0.4, 0.5) is 0 Å². The van der Waals surface area contributed by atoms with Gasteiger partial charge in [-0.2, -0.15) is 0 Å². The first-order valence-electron chi connectivity index (χ1n) is 5.21. The van der Waals surface area contributed by atoms with Gasteiger partial charge in [0.15, 0.2) is 0 Å². The van der Waals surface area contributed by atoms with Crippen molar-refractivity contribution in [1.29, 1.82) is 0 Å². The van der Waals surface area contributed by atoms with Gasteiger partial charge in [0.2, 0.25) is 0 Å². The number of benzene rings is 1. The number of fused-ring (bicyclic) bond motifs is 1. The van der Waals surface area contributed by atoms with Crippen LogP contribution in [0.3, 0.4) is 0 Å². The zero-order valence-corrected chi connectivity index (χ0v) is 11.2. The molecule has 0 fully saturated rings. The van der Waals surface area contributed by atoms with E-state index in [4.69, 9.17) is 9.84 Å². The average molecular weight is 301 g/mol. The van der Waals surface area contributed by atoms with Crippen LogP contribution < -0.4 is 4.74 Å². The second-order valence-electron chi connectivity index (χ2n) is 4.74. The number of hydrogen-bond donors (Lipinski definition) is 2. The number of carboxylic acid groups (broad SMARTS) is 1. The van der Waals surface area contributed by atoms with E-state index in [1.54, 1.807) is 0 Å². The Morgan fingerprint density at radius 1 is 1.59 bits per heavy atom. The van der Waals surface area contributed by atoms with Crippen molar-refractivity contribution >= 4 is 21.9 Å². The van der Waals surface area contributed by atoms with Crippen LogP contribution in [-0.2, 0) is 12.0 Å². The molecular formula is C12H13BrO4. The van der Waals surface area contributed by atoms with Gasteiger partial charge < -0.3 is 14.9 Å². The fourth-order valence-corrected chi connectivity index (χ4v) is 2.77. The van der Waals surface area contributed by atoms with Crippen molar-refractivity contribution in [1.82, 2.24) is 0 Å². The molecule has 0 unspecified atom stereocenters. The first kappa shape index (κ1) is 12.4. The lowest BCUT2D eigenvalue weighted by Gasteiger charge is -2.19. The molecule has 1 heterocycles. The minimum absolute atomic E-state index is 0.116. The standard InChI is InChI=1S/C12H13BrO4/c1-12(2)5-17-10-8(12)6(4-14)3-7(9(10)13)11(15)16/h3,14H,4-5H2,1-2H3,(H,15,16). The summed E-state index contributed by atoms with van der Waals surface area (Å²) < 4.78 is 6.00. The molecule has 2 N–H and O–H groups in total. The number of aliphatic hydroxyl groups is 1.